The molecule has 1 fully saturated rings. The fourth-order valence-corrected chi connectivity index (χ4v) is 3.17. The van der Waals surface area contributed by atoms with Gasteiger partial charge < -0.3 is 10.6 Å². The lowest BCUT2D eigenvalue weighted by molar-refractivity contribution is -0.111. The fraction of sp³-hybridized carbons (Fsp3) is 0.273. The van der Waals surface area contributed by atoms with Crippen molar-refractivity contribution in [1.82, 2.24) is 5.32 Å². The zero-order chi connectivity index (χ0) is 18.2. The molecule has 0 atom stereocenters. The van der Waals surface area contributed by atoms with E-state index in [1.54, 1.807) is 30.3 Å². The Bertz CT molecular complexity index is 778. The third-order valence-corrected chi connectivity index (χ3v) is 4.56. The number of hydrogen-bond donors (Lipinski definition) is 2. The molecule has 2 N–H and O–H groups in total. The molecule has 3 rings (SSSR count). The zero-order valence-corrected chi connectivity index (χ0v) is 14.8. The standard InChI is InChI=1S/C22H24N2O2/c25-21(15-14-17-8-3-1-4-9-17)23-20-13-7-10-18(16-20)22(26)24-19-11-5-2-6-12-19/h1,3-4,7-10,13-16,19H,2,5-6,11-12H2,(H,23,25)(H,24,26)/b15-14+. The lowest BCUT2D eigenvalue weighted by atomic mass is 9.95. The van der Waals surface area contributed by atoms with Gasteiger partial charge in [0.05, 0.1) is 0 Å². The summed E-state index contributed by atoms with van der Waals surface area (Å²) >= 11 is 0. The molecule has 2 amide bonds. The van der Waals surface area contributed by atoms with Crippen molar-refractivity contribution >= 4 is 23.6 Å². The molecule has 0 aliphatic heterocycles. The van der Waals surface area contributed by atoms with Crippen LogP contribution in [0.2, 0.25) is 0 Å². The van der Waals surface area contributed by atoms with Crippen LogP contribution in [0.15, 0.2) is 60.7 Å². The van der Waals surface area contributed by atoms with Crippen LogP contribution in [-0.2, 0) is 4.79 Å². The summed E-state index contributed by atoms with van der Waals surface area (Å²) in [5.74, 6) is -0.300. The predicted molar refractivity (Wildman–Crippen MR) is 105 cm³/mol. The maximum absolute atomic E-state index is 12.4. The lowest BCUT2D eigenvalue weighted by Crippen LogP contribution is -2.36. The number of carbonyl (C=O) groups excluding carboxylic acids is 2. The second-order valence-corrected chi connectivity index (χ2v) is 6.62. The zero-order valence-electron chi connectivity index (χ0n) is 14.8. The highest BCUT2D eigenvalue weighted by atomic mass is 16.2. The van der Waals surface area contributed by atoms with E-state index in [0.717, 1.165) is 18.4 Å². The molecule has 4 nitrogen and oxygen atoms in total. The number of hydrogen-bond acceptors (Lipinski definition) is 2. The van der Waals surface area contributed by atoms with Crippen LogP contribution in [0.1, 0.15) is 48.0 Å². The molecule has 1 aliphatic carbocycles. The van der Waals surface area contributed by atoms with Gasteiger partial charge >= 0.3 is 0 Å². The Labute approximate surface area is 154 Å². The highest BCUT2D eigenvalue weighted by Gasteiger charge is 2.16. The fourth-order valence-electron chi connectivity index (χ4n) is 3.17. The molecule has 0 aromatic heterocycles. The third-order valence-electron chi connectivity index (χ3n) is 4.56. The van der Waals surface area contributed by atoms with Gasteiger partial charge in [-0.15, -0.1) is 0 Å². The number of benzene rings is 2. The van der Waals surface area contributed by atoms with E-state index < -0.39 is 0 Å². The number of rotatable bonds is 5. The Morgan fingerprint density at radius 3 is 2.46 bits per heavy atom. The first kappa shape index (κ1) is 17.9. The SMILES string of the molecule is O=C(/C=C/c1ccccc1)Nc1cccc(C(=O)NC2CCCCC2)c1. The van der Waals surface area contributed by atoms with Gasteiger partial charge in [-0.05, 0) is 42.7 Å². The van der Waals surface area contributed by atoms with Crippen LogP contribution in [0, 0.1) is 0 Å². The molecule has 0 bridgehead atoms. The number of nitrogens with one attached hydrogen (secondary N) is 2. The summed E-state index contributed by atoms with van der Waals surface area (Å²) in [6.07, 6.45) is 8.95. The van der Waals surface area contributed by atoms with E-state index in [4.69, 9.17) is 0 Å². The minimum absolute atomic E-state index is 0.0761. The average Bonchev–Trinajstić information content (AvgIpc) is 2.68. The molecule has 0 unspecified atom stereocenters. The van der Waals surface area contributed by atoms with E-state index in [9.17, 15) is 9.59 Å². The van der Waals surface area contributed by atoms with Gasteiger partial charge in [0.1, 0.15) is 0 Å². The minimum atomic E-state index is -0.223. The monoisotopic (exact) mass is 348 g/mol. The van der Waals surface area contributed by atoms with E-state index in [2.05, 4.69) is 10.6 Å². The Kier molecular flexibility index (Phi) is 6.20. The summed E-state index contributed by atoms with van der Waals surface area (Å²) in [5.41, 5.74) is 2.15. The van der Waals surface area contributed by atoms with Gasteiger partial charge in [-0.1, -0.05) is 55.7 Å². The molecule has 0 saturated heterocycles. The molecule has 4 heteroatoms. The molecule has 1 saturated carbocycles. The van der Waals surface area contributed by atoms with E-state index in [0.29, 0.717) is 11.3 Å². The average molecular weight is 348 g/mol. The predicted octanol–water partition coefficient (Wildman–Crippen LogP) is 4.40. The first-order valence-electron chi connectivity index (χ1n) is 9.16. The van der Waals surface area contributed by atoms with Gasteiger partial charge in [0.2, 0.25) is 5.91 Å². The van der Waals surface area contributed by atoms with E-state index >= 15 is 0 Å². The lowest BCUT2D eigenvalue weighted by Gasteiger charge is -2.22. The maximum atomic E-state index is 12.4. The number of anilines is 1. The highest BCUT2D eigenvalue weighted by Crippen LogP contribution is 2.18. The van der Waals surface area contributed by atoms with Crippen molar-refractivity contribution in [3.05, 3.63) is 71.8 Å². The van der Waals surface area contributed by atoms with E-state index in [1.807, 2.05) is 30.3 Å². The van der Waals surface area contributed by atoms with Crippen molar-refractivity contribution in [2.45, 2.75) is 38.1 Å². The number of carbonyl (C=O) groups is 2. The summed E-state index contributed by atoms with van der Waals surface area (Å²) in [4.78, 5) is 24.5. The summed E-state index contributed by atoms with van der Waals surface area (Å²) in [5, 5.41) is 5.90. The van der Waals surface area contributed by atoms with Gasteiger partial charge in [0.15, 0.2) is 0 Å². The molecule has 2 aromatic rings. The molecule has 0 heterocycles. The van der Waals surface area contributed by atoms with E-state index in [1.165, 1.54) is 25.3 Å². The second-order valence-electron chi connectivity index (χ2n) is 6.62. The number of amides is 2. The maximum Gasteiger partial charge on any atom is 0.251 e. The van der Waals surface area contributed by atoms with Crippen LogP contribution < -0.4 is 10.6 Å². The van der Waals surface area contributed by atoms with Gasteiger partial charge in [-0.3, -0.25) is 9.59 Å². The molecule has 0 radical (unpaired) electrons. The van der Waals surface area contributed by atoms with Crippen molar-refractivity contribution in [3.63, 3.8) is 0 Å². The molecule has 0 spiro atoms. The van der Waals surface area contributed by atoms with Crippen molar-refractivity contribution in [2.75, 3.05) is 5.32 Å². The van der Waals surface area contributed by atoms with Crippen LogP contribution in [0.3, 0.4) is 0 Å². The van der Waals surface area contributed by atoms with Crippen molar-refractivity contribution < 1.29 is 9.59 Å². The summed E-state index contributed by atoms with van der Waals surface area (Å²) < 4.78 is 0. The second kappa shape index (κ2) is 8.99. The largest absolute Gasteiger partial charge is 0.349 e. The minimum Gasteiger partial charge on any atom is -0.349 e. The molecule has 26 heavy (non-hydrogen) atoms. The summed E-state index contributed by atoms with van der Waals surface area (Å²) in [7, 11) is 0. The van der Waals surface area contributed by atoms with Gasteiger partial charge in [-0.25, -0.2) is 0 Å². The van der Waals surface area contributed by atoms with Crippen molar-refractivity contribution in [3.8, 4) is 0 Å². The first-order chi connectivity index (χ1) is 12.7. The Morgan fingerprint density at radius 2 is 1.69 bits per heavy atom. The molecule has 1 aliphatic rings. The Morgan fingerprint density at radius 1 is 0.923 bits per heavy atom. The van der Waals surface area contributed by atoms with Gasteiger partial charge in [0.25, 0.3) is 5.91 Å². The van der Waals surface area contributed by atoms with Crippen LogP contribution in [0.5, 0.6) is 0 Å². The van der Waals surface area contributed by atoms with Gasteiger partial charge in [-0.2, -0.15) is 0 Å². The third kappa shape index (κ3) is 5.31. The van der Waals surface area contributed by atoms with Crippen LogP contribution in [0.4, 0.5) is 5.69 Å². The first-order valence-corrected chi connectivity index (χ1v) is 9.16. The Balaban J connectivity index is 1.58. The highest BCUT2D eigenvalue weighted by molar-refractivity contribution is 6.03. The van der Waals surface area contributed by atoms with Crippen LogP contribution >= 0.6 is 0 Å². The quantitative estimate of drug-likeness (QED) is 0.787. The topological polar surface area (TPSA) is 58.2 Å². The normalized spacial score (nSPS) is 14.9. The smallest absolute Gasteiger partial charge is 0.251 e. The van der Waals surface area contributed by atoms with Crippen molar-refractivity contribution in [1.29, 1.82) is 0 Å². The summed E-state index contributed by atoms with van der Waals surface area (Å²) in [6.45, 7) is 0. The van der Waals surface area contributed by atoms with Crippen molar-refractivity contribution in [2.24, 2.45) is 0 Å². The molecular weight excluding hydrogens is 324 g/mol. The van der Waals surface area contributed by atoms with Crippen LogP contribution in [0.25, 0.3) is 6.08 Å². The van der Waals surface area contributed by atoms with Crippen LogP contribution in [-0.4, -0.2) is 17.9 Å². The van der Waals surface area contributed by atoms with Gasteiger partial charge in [0, 0.05) is 23.4 Å². The molecule has 2 aromatic carbocycles. The molecular formula is C22H24N2O2. The summed E-state index contributed by atoms with van der Waals surface area (Å²) in [6, 6.07) is 17.0. The molecule has 134 valence electrons. The Hall–Kier alpha value is -2.88. The van der Waals surface area contributed by atoms with E-state index in [-0.39, 0.29) is 17.9 Å².